The van der Waals surface area contributed by atoms with Crippen molar-refractivity contribution >= 4 is 35.5 Å². The van der Waals surface area contributed by atoms with Crippen molar-refractivity contribution in [3.05, 3.63) is 43.6 Å². The zero-order chi connectivity index (χ0) is 19.3. The Morgan fingerprint density at radius 1 is 1.50 bits per heavy atom. The van der Waals surface area contributed by atoms with Gasteiger partial charge in [-0.1, -0.05) is 23.4 Å². The first-order chi connectivity index (χ1) is 12.3. The van der Waals surface area contributed by atoms with Crippen molar-refractivity contribution in [3.8, 4) is 11.5 Å². The number of aromatic amines is 2. The van der Waals surface area contributed by atoms with Gasteiger partial charge in [0.25, 0.3) is 11.5 Å². The third kappa shape index (κ3) is 4.64. The number of rotatable bonds is 6. The second kappa shape index (κ2) is 8.54. The lowest BCUT2D eigenvalue weighted by molar-refractivity contribution is -0.120. The molecule has 4 N–H and O–H groups in total. The maximum atomic E-state index is 12.0. The summed E-state index contributed by atoms with van der Waals surface area (Å²) in [6.45, 7) is 1.54. The fourth-order valence-corrected chi connectivity index (χ4v) is 2.68. The minimum atomic E-state index is -0.735. The molecule has 0 bridgehead atoms. The first kappa shape index (κ1) is 19.5. The molecule has 1 atom stereocenters. The number of hydrazone groups is 1. The number of nitrogens with one attached hydrogen (secondary N) is 3. The van der Waals surface area contributed by atoms with Crippen LogP contribution in [0.3, 0.4) is 0 Å². The Balaban J connectivity index is 2.01. The number of methoxy groups -OCH3 is 1. The Morgan fingerprint density at radius 3 is 2.88 bits per heavy atom. The quantitative estimate of drug-likeness (QED) is 0.313. The van der Waals surface area contributed by atoms with Gasteiger partial charge in [0, 0.05) is 5.56 Å². The van der Waals surface area contributed by atoms with E-state index in [-0.39, 0.29) is 21.5 Å². The average Bonchev–Trinajstić information content (AvgIpc) is 2.61. The highest BCUT2D eigenvalue weighted by atomic mass is 35.5. The smallest absolute Gasteiger partial charge is 0.342 e. The zero-order valence-corrected chi connectivity index (χ0v) is 15.1. The van der Waals surface area contributed by atoms with Crippen molar-refractivity contribution < 1.29 is 14.6 Å². The van der Waals surface area contributed by atoms with Gasteiger partial charge in [0.05, 0.1) is 23.6 Å². The summed E-state index contributed by atoms with van der Waals surface area (Å²) in [5.74, 6) is -0.538. The number of ether oxygens (including phenoxy) is 1. The second-order valence-electron chi connectivity index (χ2n) is 4.83. The topological polar surface area (TPSA) is 150 Å². The van der Waals surface area contributed by atoms with Crippen molar-refractivity contribution in [1.82, 2.24) is 20.6 Å². The van der Waals surface area contributed by atoms with E-state index in [9.17, 15) is 19.5 Å². The van der Waals surface area contributed by atoms with Crippen LogP contribution >= 0.6 is 23.4 Å². The lowest BCUT2D eigenvalue weighted by Gasteiger charge is -2.08. The minimum absolute atomic E-state index is 0.0220. The molecule has 12 heteroatoms. The average molecular weight is 400 g/mol. The molecule has 0 saturated heterocycles. The molecule has 0 aliphatic rings. The van der Waals surface area contributed by atoms with E-state index in [4.69, 9.17) is 16.3 Å². The van der Waals surface area contributed by atoms with Crippen LogP contribution in [0.15, 0.2) is 31.8 Å². The monoisotopic (exact) mass is 399 g/mol. The number of hydrogen-bond acceptors (Lipinski definition) is 8. The molecule has 0 saturated carbocycles. The van der Waals surface area contributed by atoms with E-state index >= 15 is 0 Å². The van der Waals surface area contributed by atoms with Crippen molar-refractivity contribution in [2.24, 2.45) is 5.10 Å². The Kier molecular flexibility index (Phi) is 6.41. The predicted octanol–water partition coefficient (Wildman–Crippen LogP) is 0.457. The number of phenols is 1. The normalized spacial score (nSPS) is 12.1. The highest BCUT2D eigenvalue weighted by Gasteiger charge is 2.17. The number of phenolic OH excluding ortho intramolecular Hbond substituents is 1. The molecule has 1 aromatic carbocycles. The maximum Gasteiger partial charge on any atom is 0.342 e. The summed E-state index contributed by atoms with van der Waals surface area (Å²) in [5.41, 5.74) is 1.22. The molecule has 0 radical (unpaired) electrons. The second-order valence-corrected chi connectivity index (χ2v) is 6.53. The number of amides is 1. The van der Waals surface area contributed by atoms with E-state index in [1.165, 1.54) is 26.3 Å². The predicted molar refractivity (Wildman–Crippen MR) is 96.2 cm³/mol. The van der Waals surface area contributed by atoms with Gasteiger partial charge in [0.1, 0.15) is 0 Å². The third-order valence-corrected chi connectivity index (χ3v) is 4.51. The summed E-state index contributed by atoms with van der Waals surface area (Å²) in [6.07, 6.45) is 1.25. The van der Waals surface area contributed by atoms with Gasteiger partial charge in [-0.25, -0.2) is 15.3 Å². The van der Waals surface area contributed by atoms with Crippen LogP contribution in [-0.2, 0) is 4.79 Å². The number of nitrogens with zero attached hydrogens (tertiary/aromatic N) is 2. The van der Waals surface area contributed by atoms with Gasteiger partial charge < -0.3 is 9.84 Å². The Morgan fingerprint density at radius 2 is 2.23 bits per heavy atom. The van der Waals surface area contributed by atoms with E-state index in [2.05, 4.69) is 20.7 Å². The number of halogens is 1. The van der Waals surface area contributed by atoms with Gasteiger partial charge in [-0.3, -0.25) is 14.6 Å². The largest absolute Gasteiger partial charge is 0.503 e. The summed E-state index contributed by atoms with van der Waals surface area (Å²) in [6, 6.07) is 3.05. The van der Waals surface area contributed by atoms with Gasteiger partial charge in [0.2, 0.25) is 0 Å². The van der Waals surface area contributed by atoms with E-state index < -0.39 is 22.4 Å². The summed E-state index contributed by atoms with van der Waals surface area (Å²) in [7, 11) is 1.39. The van der Waals surface area contributed by atoms with Crippen LogP contribution in [0.25, 0.3) is 0 Å². The molecule has 1 heterocycles. The number of hydrogen-bond donors (Lipinski definition) is 4. The molecule has 0 aliphatic carbocycles. The number of aromatic hydroxyl groups is 1. The van der Waals surface area contributed by atoms with Crippen LogP contribution in [0.5, 0.6) is 11.5 Å². The molecule has 0 fully saturated rings. The fourth-order valence-electron chi connectivity index (χ4n) is 1.72. The zero-order valence-electron chi connectivity index (χ0n) is 13.6. The molecular formula is C14H14ClN5O5S. The van der Waals surface area contributed by atoms with Crippen LogP contribution in [0.2, 0.25) is 5.02 Å². The summed E-state index contributed by atoms with van der Waals surface area (Å²) in [5, 5.41) is 18.5. The van der Waals surface area contributed by atoms with E-state index in [1.54, 1.807) is 6.07 Å². The van der Waals surface area contributed by atoms with Crippen molar-refractivity contribution in [3.63, 3.8) is 0 Å². The first-order valence-electron chi connectivity index (χ1n) is 7.07. The molecule has 1 amide bonds. The van der Waals surface area contributed by atoms with E-state index in [1.807, 2.05) is 4.98 Å². The molecule has 0 spiro atoms. The summed E-state index contributed by atoms with van der Waals surface area (Å²) < 4.78 is 4.92. The first-order valence-corrected chi connectivity index (χ1v) is 8.33. The van der Waals surface area contributed by atoms with Crippen molar-refractivity contribution in [2.75, 3.05) is 7.11 Å². The number of thioether (sulfide) groups is 1. The minimum Gasteiger partial charge on any atom is -0.503 e. The highest BCUT2D eigenvalue weighted by Crippen LogP contribution is 2.35. The highest BCUT2D eigenvalue weighted by molar-refractivity contribution is 8.00. The summed E-state index contributed by atoms with van der Waals surface area (Å²) in [4.78, 5) is 36.5. The number of aromatic nitrogens is 3. The van der Waals surface area contributed by atoms with Crippen molar-refractivity contribution in [2.45, 2.75) is 17.2 Å². The van der Waals surface area contributed by atoms with Gasteiger partial charge in [0.15, 0.2) is 16.5 Å². The molecule has 10 nitrogen and oxygen atoms in total. The molecule has 26 heavy (non-hydrogen) atoms. The van der Waals surface area contributed by atoms with E-state index in [0.29, 0.717) is 5.56 Å². The van der Waals surface area contributed by atoms with Crippen LogP contribution in [0.1, 0.15) is 12.5 Å². The number of carbonyl (C=O) groups excluding carboxylic acids is 1. The molecule has 1 aromatic heterocycles. The lowest BCUT2D eigenvalue weighted by Crippen LogP contribution is -2.30. The van der Waals surface area contributed by atoms with Crippen LogP contribution in [0.4, 0.5) is 0 Å². The fraction of sp³-hybridized carbons (Fsp3) is 0.214. The molecule has 2 rings (SSSR count). The molecular weight excluding hydrogens is 386 g/mol. The van der Waals surface area contributed by atoms with Gasteiger partial charge in [-0.2, -0.15) is 10.2 Å². The molecule has 0 aliphatic heterocycles. The Labute approximate surface area is 155 Å². The summed E-state index contributed by atoms with van der Waals surface area (Å²) >= 11 is 6.83. The Hall–Kier alpha value is -2.79. The van der Waals surface area contributed by atoms with Crippen LogP contribution in [0, 0.1) is 0 Å². The number of H-pyrrole nitrogens is 2. The van der Waals surface area contributed by atoms with Crippen LogP contribution in [-0.4, -0.2) is 44.8 Å². The van der Waals surface area contributed by atoms with Gasteiger partial charge >= 0.3 is 5.69 Å². The molecule has 138 valence electrons. The van der Waals surface area contributed by atoms with E-state index in [0.717, 1.165) is 11.8 Å². The van der Waals surface area contributed by atoms with Gasteiger partial charge in [-0.15, -0.1) is 0 Å². The molecule has 2 aromatic rings. The molecule has 1 unspecified atom stereocenters. The van der Waals surface area contributed by atoms with Gasteiger partial charge in [-0.05, 0) is 19.1 Å². The number of benzene rings is 1. The van der Waals surface area contributed by atoms with Crippen LogP contribution < -0.4 is 21.4 Å². The standard InChI is InChI=1S/C14H14ClN5O5S/c1-6(26-13-12(23)17-14(24)20-19-13)11(22)18-16-5-7-3-4-8(25-2)10(21)9(7)15/h3-6,21H,1-2H3,(H,18,22)(H2,17,20,23,24)/b16-5+. The number of carbonyl (C=O) groups is 1. The lowest BCUT2D eigenvalue weighted by atomic mass is 10.2. The van der Waals surface area contributed by atoms with Crippen molar-refractivity contribution in [1.29, 1.82) is 0 Å². The third-order valence-electron chi connectivity index (χ3n) is 3.05. The Bertz CT molecular complexity index is 957. The maximum absolute atomic E-state index is 12.0. The SMILES string of the molecule is COc1ccc(/C=N/NC(=O)C(C)Sc2n[nH]c(=O)[nH]c2=O)c(Cl)c1O.